The van der Waals surface area contributed by atoms with Gasteiger partial charge < -0.3 is 10.2 Å². The van der Waals surface area contributed by atoms with Crippen LogP contribution in [0.25, 0.3) is 5.57 Å². The fraction of sp³-hybridized carbons (Fsp3) is 0.444. The average molecular weight is 323 g/mol. The molecule has 22 heavy (non-hydrogen) atoms. The van der Waals surface area contributed by atoms with E-state index in [1.807, 2.05) is 18.2 Å². The molecule has 1 atom stereocenters. The molecule has 1 saturated heterocycles. The van der Waals surface area contributed by atoms with E-state index in [9.17, 15) is 0 Å². The van der Waals surface area contributed by atoms with Crippen LogP contribution in [-0.2, 0) is 11.2 Å². The van der Waals surface area contributed by atoms with E-state index in [4.69, 9.17) is 22.2 Å². The summed E-state index contributed by atoms with van der Waals surface area (Å²) in [5, 5.41) is 0.715. The first-order valence-electron chi connectivity index (χ1n) is 7.81. The number of allylic oxidation sites excluding steroid dienone is 2. The van der Waals surface area contributed by atoms with Crippen molar-refractivity contribution < 1.29 is 4.74 Å². The molecule has 1 aliphatic heterocycles. The lowest BCUT2D eigenvalue weighted by atomic mass is 9.99. The van der Waals surface area contributed by atoms with Crippen LogP contribution in [0.5, 0.6) is 0 Å². The molecule has 2 rings (SSSR count). The maximum atomic E-state index is 5.96. The molecule has 122 valence electrons. The molecule has 0 aromatic heterocycles. The summed E-state index contributed by atoms with van der Waals surface area (Å²) in [6.07, 6.45) is 8.84. The second-order valence-electron chi connectivity index (χ2n) is 5.30. The standard InChI is InChI=1S/C12H15ClN2.C6H12O/c1-3-9-5-6-11(13)7-12(9)10(4-2)8-15-14;1-6-4-2-3-5-7-6/h4-8,15H,2-3,14H2,1H3;6H,2-5H2,1H3/b10-8+;. The van der Waals surface area contributed by atoms with E-state index in [1.54, 1.807) is 12.3 Å². The van der Waals surface area contributed by atoms with Crippen LogP contribution < -0.4 is 11.3 Å². The quantitative estimate of drug-likeness (QED) is 0.488. The zero-order valence-electron chi connectivity index (χ0n) is 13.6. The molecule has 1 unspecified atom stereocenters. The smallest absolute Gasteiger partial charge is 0.0547 e. The minimum atomic E-state index is 0.536. The fourth-order valence-electron chi connectivity index (χ4n) is 2.36. The van der Waals surface area contributed by atoms with Gasteiger partial charge in [0, 0.05) is 17.8 Å². The van der Waals surface area contributed by atoms with Gasteiger partial charge in [-0.05, 0) is 61.4 Å². The van der Waals surface area contributed by atoms with Gasteiger partial charge >= 0.3 is 0 Å². The normalized spacial score (nSPS) is 18.2. The van der Waals surface area contributed by atoms with Crippen molar-refractivity contribution in [3.05, 3.63) is 53.2 Å². The third-order valence-electron chi connectivity index (χ3n) is 3.63. The molecule has 0 saturated carbocycles. The summed E-state index contributed by atoms with van der Waals surface area (Å²) in [5.41, 5.74) is 5.74. The van der Waals surface area contributed by atoms with Crippen molar-refractivity contribution in [1.82, 2.24) is 5.43 Å². The van der Waals surface area contributed by atoms with E-state index in [1.165, 1.54) is 24.8 Å². The third kappa shape index (κ3) is 6.22. The maximum absolute atomic E-state index is 5.96. The molecule has 4 heteroatoms. The van der Waals surface area contributed by atoms with Gasteiger partial charge in [-0.15, -0.1) is 0 Å². The highest BCUT2D eigenvalue weighted by Gasteiger charge is 2.06. The van der Waals surface area contributed by atoms with E-state index in [2.05, 4.69) is 25.9 Å². The molecule has 0 amide bonds. The summed E-state index contributed by atoms with van der Waals surface area (Å²) in [5.74, 6) is 5.26. The summed E-state index contributed by atoms with van der Waals surface area (Å²) in [6.45, 7) is 8.98. The molecular formula is C18H27ClN2O. The van der Waals surface area contributed by atoms with Crippen LogP contribution in [0.4, 0.5) is 0 Å². The zero-order chi connectivity index (χ0) is 16.4. The van der Waals surface area contributed by atoms with Crippen LogP contribution in [0, 0.1) is 0 Å². The highest BCUT2D eigenvalue weighted by molar-refractivity contribution is 6.30. The van der Waals surface area contributed by atoms with Crippen LogP contribution in [0.1, 0.15) is 44.2 Å². The molecule has 0 bridgehead atoms. The van der Waals surface area contributed by atoms with Crippen molar-refractivity contribution in [1.29, 1.82) is 0 Å². The lowest BCUT2D eigenvalue weighted by molar-refractivity contribution is 0.0285. The van der Waals surface area contributed by atoms with Crippen molar-refractivity contribution in [3.8, 4) is 0 Å². The van der Waals surface area contributed by atoms with Gasteiger partial charge in [-0.3, -0.25) is 5.84 Å². The average Bonchev–Trinajstić information content (AvgIpc) is 2.54. The predicted octanol–water partition coefficient (Wildman–Crippen LogP) is 4.47. The van der Waals surface area contributed by atoms with Crippen molar-refractivity contribution in [2.45, 2.75) is 45.6 Å². The number of benzene rings is 1. The molecular weight excluding hydrogens is 296 g/mol. The number of hydrazine groups is 1. The predicted molar refractivity (Wildman–Crippen MR) is 95.6 cm³/mol. The van der Waals surface area contributed by atoms with Gasteiger partial charge in [0.15, 0.2) is 0 Å². The number of ether oxygens (including phenoxy) is 1. The van der Waals surface area contributed by atoms with Crippen molar-refractivity contribution in [2.75, 3.05) is 6.61 Å². The van der Waals surface area contributed by atoms with Gasteiger partial charge in [-0.2, -0.15) is 0 Å². The summed E-state index contributed by atoms with van der Waals surface area (Å²) in [6, 6.07) is 5.83. The molecule has 3 nitrogen and oxygen atoms in total. The highest BCUT2D eigenvalue weighted by atomic mass is 35.5. The molecule has 1 heterocycles. The first kappa shape index (κ1) is 18.8. The molecule has 1 aliphatic rings. The summed E-state index contributed by atoms with van der Waals surface area (Å²) in [4.78, 5) is 0. The van der Waals surface area contributed by atoms with Crippen molar-refractivity contribution in [2.24, 2.45) is 5.84 Å². The number of nitrogens with two attached hydrogens (primary N) is 1. The molecule has 1 aromatic carbocycles. The summed E-state index contributed by atoms with van der Waals surface area (Å²) < 4.78 is 5.28. The molecule has 0 spiro atoms. The van der Waals surface area contributed by atoms with Crippen molar-refractivity contribution in [3.63, 3.8) is 0 Å². The Kier molecular flexibility index (Phi) is 8.90. The number of rotatable bonds is 4. The monoisotopic (exact) mass is 322 g/mol. The van der Waals surface area contributed by atoms with E-state index < -0.39 is 0 Å². The number of hydrogen-bond donors (Lipinski definition) is 2. The third-order valence-corrected chi connectivity index (χ3v) is 3.87. The Morgan fingerprint density at radius 2 is 2.27 bits per heavy atom. The van der Waals surface area contributed by atoms with Crippen LogP contribution >= 0.6 is 11.6 Å². The van der Waals surface area contributed by atoms with E-state index in [-0.39, 0.29) is 0 Å². The van der Waals surface area contributed by atoms with E-state index in [0.717, 1.165) is 24.2 Å². The maximum Gasteiger partial charge on any atom is 0.0547 e. The first-order valence-corrected chi connectivity index (χ1v) is 8.19. The Balaban J connectivity index is 0.000000287. The Hall–Kier alpha value is -1.29. The van der Waals surface area contributed by atoms with Gasteiger partial charge in [0.25, 0.3) is 0 Å². The second kappa shape index (κ2) is 10.4. The van der Waals surface area contributed by atoms with Gasteiger partial charge in [0.1, 0.15) is 0 Å². The molecule has 1 fully saturated rings. The highest BCUT2D eigenvalue weighted by Crippen LogP contribution is 2.24. The minimum Gasteiger partial charge on any atom is -0.379 e. The van der Waals surface area contributed by atoms with Crippen LogP contribution in [0.2, 0.25) is 5.02 Å². The Morgan fingerprint density at radius 1 is 1.50 bits per heavy atom. The Morgan fingerprint density at radius 3 is 2.73 bits per heavy atom. The fourth-order valence-corrected chi connectivity index (χ4v) is 2.54. The van der Waals surface area contributed by atoms with Crippen LogP contribution in [-0.4, -0.2) is 12.7 Å². The van der Waals surface area contributed by atoms with Gasteiger partial charge in [0.05, 0.1) is 6.10 Å². The molecule has 0 aliphatic carbocycles. The second-order valence-corrected chi connectivity index (χ2v) is 5.74. The molecule has 3 N–H and O–H groups in total. The van der Waals surface area contributed by atoms with Crippen LogP contribution in [0.15, 0.2) is 37.1 Å². The van der Waals surface area contributed by atoms with E-state index in [0.29, 0.717) is 11.1 Å². The van der Waals surface area contributed by atoms with E-state index >= 15 is 0 Å². The largest absolute Gasteiger partial charge is 0.379 e. The Labute approximate surface area is 139 Å². The lowest BCUT2D eigenvalue weighted by Gasteiger charge is -2.17. The zero-order valence-corrected chi connectivity index (χ0v) is 14.3. The number of aryl methyl sites for hydroxylation is 1. The summed E-state index contributed by atoms with van der Waals surface area (Å²) in [7, 11) is 0. The topological polar surface area (TPSA) is 47.3 Å². The molecule has 0 radical (unpaired) electrons. The number of hydrogen-bond acceptors (Lipinski definition) is 3. The minimum absolute atomic E-state index is 0.536. The summed E-state index contributed by atoms with van der Waals surface area (Å²) >= 11 is 5.96. The van der Waals surface area contributed by atoms with Gasteiger partial charge in [-0.1, -0.05) is 37.2 Å². The first-order chi connectivity index (χ1) is 10.6. The molecule has 1 aromatic rings. The number of halogens is 1. The number of nitrogens with one attached hydrogen (secondary N) is 1. The van der Waals surface area contributed by atoms with Gasteiger partial charge in [-0.25, -0.2) is 0 Å². The van der Waals surface area contributed by atoms with Crippen molar-refractivity contribution >= 4 is 17.2 Å². The van der Waals surface area contributed by atoms with Gasteiger partial charge in [0.2, 0.25) is 0 Å². The lowest BCUT2D eigenvalue weighted by Crippen LogP contribution is -2.14. The Bertz CT molecular complexity index is 494. The van der Waals surface area contributed by atoms with Crippen LogP contribution in [0.3, 0.4) is 0 Å². The SMILES string of the molecule is C=C/C(=C\NN)c1cc(Cl)ccc1CC.CC1CCCCO1.